The molecule has 0 saturated carbocycles. The predicted molar refractivity (Wildman–Crippen MR) is 82.0 cm³/mol. The monoisotopic (exact) mass is 306 g/mol. The fourth-order valence-electron chi connectivity index (χ4n) is 2.29. The van der Waals surface area contributed by atoms with Gasteiger partial charge < -0.3 is 9.29 Å². The van der Waals surface area contributed by atoms with Crippen LogP contribution in [0.3, 0.4) is 0 Å². The van der Waals surface area contributed by atoms with E-state index in [2.05, 4.69) is 0 Å². The number of aryl methyl sites for hydroxylation is 3. The molecule has 0 aromatic heterocycles. The van der Waals surface area contributed by atoms with Crippen LogP contribution in [-0.2, 0) is 15.9 Å². The Labute approximate surface area is 125 Å². The van der Waals surface area contributed by atoms with Crippen molar-refractivity contribution < 1.29 is 17.7 Å². The molecule has 0 amide bonds. The summed E-state index contributed by atoms with van der Waals surface area (Å²) >= 11 is 0. The van der Waals surface area contributed by atoms with Gasteiger partial charge in [-0.2, -0.15) is 8.42 Å². The molecule has 0 aliphatic rings. The second-order valence-electron chi connectivity index (χ2n) is 5.16. The first-order chi connectivity index (χ1) is 9.77. The molecule has 2 rings (SSSR count). The van der Waals surface area contributed by atoms with Crippen molar-refractivity contribution in [2.24, 2.45) is 0 Å². The standard InChI is InChI=1S/C16H18O4S/c1-11-8-12(2)16(13(3)9-11)10-21(18,19)20-15-6-4-14(17)5-7-15/h4-9,17H,10H2,1-3H3. The smallest absolute Gasteiger partial charge is 0.313 e. The topological polar surface area (TPSA) is 63.6 Å². The second-order valence-corrected chi connectivity index (χ2v) is 6.73. The molecule has 0 bridgehead atoms. The summed E-state index contributed by atoms with van der Waals surface area (Å²) in [6, 6.07) is 9.51. The number of rotatable bonds is 4. The molecule has 0 atom stereocenters. The minimum Gasteiger partial charge on any atom is -0.508 e. The average molecular weight is 306 g/mol. The highest BCUT2D eigenvalue weighted by molar-refractivity contribution is 7.86. The lowest BCUT2D eigenvalue weighted by atomic mass is 10.0. The van der Waals surface area contributed by atoms with Gasteiger partial charge in [0.1, 0.15) is 17.3 Å². The molecule has 0 aliphatic carbocycles. The molecule has 0 radical (unpaired) electrons. The van der Waals surface area contributed by atoms with Crippen LogP contribution in [0.1, 0.15) is 22.3 Å². The maximum Gasteiger partial charge on any atom is 0.313 e. The third-order valence-electron chi connectivity index (χ3n) is 3.22. The van der Waals surface area contributed by atoms with E-state index in [0.29, 0.717) is 0 Å². The molecule has 0 heterocycles. The van der Waals surface area contributed by atoms with E-state index in [-0.39, 0.29) is 17.3 Å². The molecule has 0 spiro atoms. The molecule has 2 aromatic carbocycles. The molecular weight excluding hydrogens is 288 g/mol. The van der Waals surface area contributed by atoms with Gasteiger partial charge in [-0.1, -0.05) is 17.7 Å². The van der Waals surface area contributed by atoms with Crippen LogP contribution in [0.5, 0.6) is 11.5 Å². The summed E-state index contributed by atoms with van der Waals surface area (Å²) in [7, 11) is -3.74. The Morgan fingerprint density at radius 2 is 1.52 bits per heavy atom. The number of phenolic OH excluding ortho intramolecular Hbond substituents is 1. The van der Waals surface area contributed by atoms with E-state index in [1.807, 2.05) is 32.9 Å². The van der Waals surface area contributed by atoms with Crippen LogP contribution >= 0.6 is 0 Å². The van der Waals surface area contributed by atoms with Crippen LogP contribution < -0.4 is 4.18 Å². The van der Waals surface area contributed by atoms with Gasteiger partial charge in [-0.3, -0.25) is 0 Å². The Morgan fingerprint density at radius 1 is 1.00 bits per heavy atom. The Hall–Kier alpha value is -2.01. The molecule has 0 aliphatic heterocycles. The van der Waals surface area contributed by atoms with Crippen LogP contribution in [0, 0.1) is 20.8 Å². The average Bonchev–Trinajstić information content (AvgIpc) is 2.36. The van der Waals surface area contributed by atoms with Crippen molar-refractivity contribution in [3.05, 3.63) is 58.7 Å². The van der Waals surface area contributed by atoms with Crippen molar-refractivity contribution >= 4 is 10.1 Å². The maximum absolute atomic E-state index is 12.2. The molecule has 21 heavy (non-hydrogen) atoms. The van der Waals surface area contributed by atoms with Crippen molar-refractivity contribution in [1.29, 1.82) is 0 Å². The molecule has 5 heteroatoms. The molecule has 1 N–H and O–H groups in total. The Balaban J connectivity index is 2.24. The van der Waals surface area contributed by atoms with Crippen molar-refractivity contribution in [2.75, 3.05) is 0 Å². The molecule has 2 aromatic rings. The van der Waals surface area contributed by atoms with Gasteiger partial charge in [0.2, 0.25) is 0 Å². The van der Waals surface area contributed by atoms with Gasteiger partial charge in [0.05, 0.1) is 0 Å². The summed E-state index contributed by atoms with van der Waals surface area (Å²) in [5.41, 5.74) is 3.74. The highest BCUT2D eigenvalue weighted by Gasteiger charge is 2.17. The minimum atomic E-state index is -3.74. The number of hydrogen-bond acceptors (Lipinski definition) is 4. The number of hydrogen-bond donors (Lipinski definition) is 1. The van der Waals surface area contributed by atoms with E-state index in [4.69, 9.17) is 4.18 Å². The highest BCUT2D eigenvalue weighted by atomic mass is 32.2. The third kappa shape index (κ3) is 3.98. The summed E-state index contributed by atoms with van der Waals surface area (Å²) in [6.07, 6.45) is 0. The summed E-state index contributed by atoms with van der Waals surface area (Å²) in [5.74, 6) is 0.0754. The first kappa shape index (κ1) is 15.4. The quantitative estimate of drug-likeness (QED) is 0.881. The van der Waals surface area contributed by atoms with Crippen molar-refractivity contribution in [3.63, 3.8) is 0 Å². The van der Waals surface area contributed by atoms with E-state index in [9.17, 15) is 13.5 Å². The minimum absolute atomic E-state index is 0.0602. The predicted octanol–water partition coefficient (Wildman–Crippen LogP) is 3.23. The first-order valence-electron chi connectivity index (χ1n) is 6.55. The number of aromatic hydroxyl groups is 1. The molecular formula is C16H18O4S. The molecule has 0 saturated heterocycles. The van der Waals surface area contributed by atoms with Crippen molar-refractivity contribution in [3.8, 4) is 11.5 Å². The van der Waals surface area contributed by atoms with E-state index in [0.717, 1.165) is 22.3 Å². The van der Waals surface area contributed by atoms with Gasteiger partial charge in [0.15, 0.2) is 0 Å². The Kier molecular flexibility index (Phi) is 4.23. The van der Waals surface area contributed by atoms with Crippen LogP contribution in [0.15, 0.2) is 36.4 Å². The summed E-state index contributed by atoms with van der Waals surface area (Å²) in [4.78, 5) is 0. The fourth-order valence-corrected chi connectivity index (χ4v) is 3.56. The second kappa shape index (κ2) is 5.77. The van der Waals surface area contributed by atoms with Crippen LogP contribution in [0.4, 0.5) is 0 Å². The lowest BCUT2D eigenvalue weighted by Gasteiger charge is -2.12. The van der Waals surface area contributed by atoms with E-state index < -0.39 is 10.1 Å². The maximum atomic E-state index is 12.2. The van der Waals surface area contributed by atoms with Gasteiger partial charge in [-0.15, -0.1) is 0 Å². The van der Waals surface area contributed by atoms with Gasteiger partial charge in [0.25, 0.3) is 0 Å². The summed E-state index contributed by atoms with van der Waals surface area (Å²) < 4.78 is 29.4. The lowest BCUT2D eigenvalue weighted by Crippen LogP contribution is -2.14. The fraction of sp³-hybridized carbons (Fsp3) is 0.250. The molecule has 112 valence electrons. The number of benzene rings is 2. The van der Waals surface area contributed by atoms with Gasteiger partial charge in [-0.25, -0.2) is 0 Å². The molecule has 0 unspecified atom stereocenters. The molecule has 0 fully saturated rings. The van der Waals surface area contributed by atoms with Crippen molar-refractivity contribution in [2.45, 2.75) is 26.5 Å². The van der Waals surface area contributed by atoms with Gasteiger partial charge >= 0.3 is 10.1 Å². The van der Waals surface area contributed by atoms with Crippen LogP contribution in [-0.4, -0.2) is 13.5 Å². The zero-order valence-corrected chi connectivity index (χ0v) is 13.1. The largest absolute Gasteiger partial charge is 0.508 e. The zero-order chi connectivity index (χ0) is 15.6. The summed E-state index contributed by atoms with van der Waals surface area (Å²) in [5, 5.41) is 9.18. The van der Waals surface area contributed by atoms with Crippen LogP contribution in [0.25, 0.3) is 0 Å². The normalized spacial score (nSPS) is 11.4. The number of phenols is 1. The van der Waals surface area contributed by atoms with E-state index in [1.54, 1.807) is 0 Å². The molecule has 4 nitrogen and oxygen atoms in total. The Morgan fingerprint density at radius 3 is 2.05 bits per heavy atom. The third-order valence-corrected chi connectivity index (χ3v) is 4.31. The Bertz CT molecular complexity index is 723. The van der Waals surface area contributed by atoms with Crippen LogP contribution in [0.2, 0.25) is 0 Å². The SMILES string of the molecule is Cc1cc(C)c(CS(=O)(=O)Oc2ccc(O)cc2)c(C)c1. The lowest BCUT2D eigenvalue weighted by molar-refractivity contribution is 0.468. The van der Waals surface area contributed by atoms with E-state index in [1.165, 1.54) is 24.3 Å². The zero-order valence-electron chi connectivity index (χ0n) is 12.3. The van der Waals surface area contributed by atoms with Crippen molar-refractivity contribution in [1.82, 2.24) is 0 Å². The summed E-state index contributed by atoms with van der Waals surface area (Å²) in [6.45, 7) is 5.77. The first-order valence-corrected chi connectivity index (χ1v) is 8.12. The van der Waals surface area contributed by atoms with Gasteiger partial charge in [-0.05, 0) is 61.7 Å². The van der Waals surface area contributed by atoms with Gasteiger partial charge in [0, 0.05) is 0 Å². The highest BCUT2D eigenvalue weighted by Crippen LogP contribution is 2.22. The van der Waals surface area contributed by atoms with E-state index >= 15 is 0 Å².